The van der Waals surface area contributed by atoms with E-state index in [2.05, 4.69) is 20.8 Å². The van der Waals surface area contributed by atoms with Crippen LogP contribution in [0, 0.1) is 0 Å². The van der Waals surface area contributed by atoms with Crippen LogP contribution in [0.3, 0.4) is 0 Å². The van der Waals surface area contributed by atoms with Gasteiger partial charge in [0.05, 0.1) is 12.2 Å². The Bertz CT molecular complexity index is 965. The fourth-order valence-electron chi connectivity index (χ4n) is 1.90. The molecule has 0 bridgehead atoms. The van der Waals surface area contributed by atoms with Crippen LogP contribution < -0.4 is 9.50 Å². The second kappa shape index (κ2) is 6.99. The third-order valence-electron chi connectivity index (χ3n) is 3.05. The largest absolute Gasteiger partial charge is 0.378 e. The Labute approximate surface area is 147 Å². The Hall–Kier alpha value is -2.79. The lowest BCUT2D eigenvalue weighted by Crippen LogP contribution is -2.18. The van der Waals surface area contributed by atoms with Gasteiger partial charge in [0, 0.05) is 11.8 Å². The van der Waals surface area contributed by atoms with Crippen molar-refractivity contribution in [2.75, 3.05) is 0 Å². The van der Waals surface area contributed by atoms with Crippen LogP contribution in [0.2, 0.25) is 0 Å². The van der Waals surface area contributed by atoms with Gasteiger partial charge in [-0.3, -0.25) is 4.79 Å². The molecule has 0 saturated heterocycles. The van der Waals surface area contributed by atoms with Crippen LogP contribution >= 0.6 is 11.3 Å². The minimum Gasteiger partial charge on any atom is -0.378 e. The molecule has 3 aromatic rings. The van der Waals surface area contributed by atoms with Gasteiger partial charge < -0.3 is 9.50 Å². The first kappa shape index (κ1) is 17.0. The predicted octanol–water partition coefficient (Wildman–Crippen LogP) is 1.13. The van der Waals surface area contributed by atoms with E-state index in [1.54, 1.807) is 18.2 Å². The lowest BCUT2D eigenvalue weighted by Gasteiger charge is -2.06. The van der Waals surface area contributed by atoms with Crippen LogP contribution in [0.4, 0.5) is 0 Å². The number of tetrazole rings is 1. The van der Waals surface area contributed by atoms with Crippen molar-refractivity contribution in [3.8, 4) is 11.4 Å². The van der Waals surface area contributed by atoms with Crippen molar-refractivity contribution in [1.82, 2.24) is 25.5 Å². The average Bonchev–Trinajstić information content (AvgIpc) is 3.25. The van der Waals surface area contributed by atoms with Crippen LogP contribution in [0.5, 0.6) is 5.75 Å². The van der Waals surface area contributed by atoms with Crippen molar-refractivity contribution in [1.29, 1.82) is 0 Å². The van der Waals surface area contributed by atoms with Gasteiger partial charge in [0.25, 0.3) is 0 Å². The van der Waals surface area contributed by atoms with Gasteiger partial charge >= 0.3 is 10.1 Å². The summed E-state index contributed by atoms with van der Waals surface area (Å²) in [5, 5.41) is 13.4. The normalized spacial score (nSPS) is 11.2. The van der Waals surface area contributed by atoms with Crippen molar-refractivity contribution >= 4 is 27.4 Å². The fourth-order valence-corrected chi connectivity index (χ4v) is 4.09. The number of nitrogens with one attached hydrogen (secondary N) is 1. The van der Waals surface area contributed by atoms with Crippen molar-refractivity contribution in [3.05, 3.63) is 47.6 Å². The third kappa shape index (κ3) is 4.19. The van der Waals surface area contributed by atoms with E-state index >= 15 is 0 Å². The van der Waals surface area contributed by atoms with Crippen LogP contribution in [0.25, 0.3) is 5.69 Å². The number of nitrogens with zero attached hydrogens (tertiary/aromatic N) is 4. The van der Waals surface area contributed by atoms with Crippen molar-refractivity contribution in [2.45, 2.75) is 17.7 Å². The van der Waals surface area contributed by atoms with Gasteiger partial charge in [-0.25, -0.2) is 4.68 Å². The maximum Gasteiger partial charge on any atom is 0.348 e. The molecule has 130 valence electrons. The first-order chi connectivity index (χ1) is 11.9. The second-order valence-electron chi connectivity index (χ2n) is 4.92. The fraction of sp³-hybridized carbons (Fsp3) is 0.143. The van der Waals surface area contributed by atoms with Gasteiger partial charge in [-0.1, -0.05) is 0 Å². The van der Waals surface area contributed by atoms with Crippen LogP contribution in [-0.2, 0) is 21.5 Å². The highest BCUT2D eigenvalue weighted by atomic mass is 32.3. The summed E-state index contributed by atoms with van der Waals surface area (Å²) < 4.78 is 31.3. The summed E-state index contributed by atoms with van der Waals surface area (Å²) in [6.45, 7) is 1.67. The first-order valence-electron chi connectivity index (χ1n) is 7.05. The zero-order valence-corrected chi connectivity index (χ0v) is 14.6. The van der Waals surface area contributed by atoms with E-state index in [0.717, 1.165) is 11.3 Å². The van der Waals surface area contributed by atoms with Gasteiger partial charge in [0.2, 0.25) is 5.91 Å². The summed E-state index contributed by atoms with van der Waals surface area (Å²) in [5.41, 5.74) is 0.670. The molecule has 0 aliphatic heterocycles. The maximum absolute atomic E-state index is 12.3. The summed E-state index contributed by atoms with van der Waals surface area (Å²) in [7, 11) is -3.94. The van der Waals surface area contributed by atoms with E-state index in [-0.39, 0.29) is 22.4 Å². The number of benzene rings is 1. The molecule has 0 unspecified atom stereocenters. The van der Waals surface area contributed by atoms with E-state index in [4.69, 9.17) is 4.18 Å². The molecule has 11 heteroatoms. The second-order valence-corrected chi connectivity index (χ2v) is 7.86. The molecule has 2 aromatic heterocycles. The van der Waals surface area contributed by atoms with Gasteiger partial charge in [-0.05, 0) is 46.8 Å². The van der Waals surface area contributed by atoms with Crippen molar-refractivity contribution in [2.24, 2.45) is 0 Å². The Kier molecular flexibility index (Phi) is 4.76. The summed E-state index contributed by atoms with van der Waals surface area (Å²) in [4.78, 5) is 11.6. The van der Waals surface area contributed by atoms with E-state index in [0.29, 0.717) is 10.6 Å². The number of aromatic nitrogens is 4. The Balaban J connectivity index is 1.72. The molecule has 1 aromatic carbocycles. The van der Waals surface area contributed by atoms with Crippen molar-refractivity contribution in [3.63, 3.8) is 0 Å². The quantitative estimate of drug-likeness (QED) is 0.638. The molecular weight excluding hydrogens is 366 g/mol. The number of hydrogen-bond donors (Lipinski definition) is 1. The van der Waals surface area contributed by atoms with E-state index in [1.807, 2.05) is 0 Å². The number of amides is 1. The number of hydrogen-bond acceptors (Lipinski definition) is 8. The number of rotatable bonds is 6. The minimum absolute atomic E-state index is 0.0670. The van der Waals surface area contributed by atoms with Gasteiger partial charge in [-0.2, -0.15) is 8.42 Å². The molecule has 3 rings (SSSR count). The molecule has 1 N–H and O–H groups in total. The molecule has 1 amide bonds. The first-order valence-corrected chi connectivity index (χ1v) is 9.27. The molecule has 0 spiro atoms. The Morgan fingerprint density at radius 2 is 2.00 bits per heavy atom. The molecule has 9 nitrogen and oxygen atoms in total. The minimum atomic E-state index is -3.94. The molecule has 0 aliphatic carbocycles. The SMILES string of the molecule is CC(=O)NCc1ccc(S(=O)(=O)Oc2ccc(-n3cnnn3)cc2)s1. The lowest BCUT2D eigenvalue weighted by atomic mass is 10.3. The zero-order chi connectivity index (χ0) is 17.9. The molecule has 0 atom stereocenters. The van der Waals surface area contributed by atoms with Crippen LogP contribution in [-0.4, -0.2) is 34.5 Å². The highest BCUT2D eigenvalue weighted by molar-refractivity contribution is 7.89. The zero-order valence-electron chi connectivity index (χ0n) is 13.0. The number of carbonyl (C=O) groups is 1. The monoisotopic (exact) mass is 379 g/mol. The topological polar surface area (TPSA) is 116 Å². The maximum atomic E-state index is 12.3. The van der Waals surface area contributed by atoms with Gasteiger partial charge in [-0.15, -0.1) is 16.4 Å². The standard InChI is InChI=1S/C14H13N5O4S2/c1-10(20)15-8-13-6-7-14(24-13)25(21,22)23-12-4-2-11(3-5-12)19-9-16-17-18-19/h2-7,9H,8H2,1H3,(H,15,20). The summed E-state index contributed by atoms with van der Waals surface area (Å²) >= 11 is 1.04. The summed E-state index contributed by atoms with van der Waals surface area (Å²) in [5.74, 6) is -0.00892. The van der Waals surface area contributed by atoms with E-state index in [1.165, 1.54) is 36.1 Å². The van der Waals surface area contributed by atoms with Gasteiger partial charge in [0.1, 0.15) is 12.1 Å². The van der Waals surface area contributed by atoms with Crippen molar-refractivity contribution < 1.29 is 17.4 Å². The average molecular weight is 379 g/mol. The Morgan fingerprint density at radius 3 is 2.64 bits per heavy atom. The number of carbonyl (C=O) groups excluding carboxylic acids is 1. The highest BCUT2D eigenvalue weighted by Crippen LogP contribution is 2.25. The Morgan fingerprint density at radius 1 is 1.24 bits per heavy atom. The van der Waals surface area contributed by atoms with E-state index in [9.17, 15) is 13.2 Å². The highest BCUT2D eigenvalue weighted by Gasteiger charge is 2.19. The van der Waals surface area contributed by atoms with Crippen LogP contribution in [0.15, 0.2) is 46.9 Å². The molecule has 2 heterocycles. The molecule has 0 aliphatic rings. The smallest absolute Gasteiger partial charge is 0.348 e. The molecule has 25 heavy (non-hydrogen) atoms. The number of thiophene rings is 1. The molecular formula is C14H13N5O4S2. The van der Waals surface area contributed by atoms with Gasteiger partial charge in [0.15, 0.2) is 4.21 Å². The molecule has 0 saturated carbocycles. The summed E-state index contributed by atoms with van der Waals surface area (Å²) in [6.07, 6.45) is 1.43. The van der Waals surface area contributed by atoms with E-state index < -0.39 is 10.1 Å². The van der Waals surface area contributed by atoms with Crippen LogP contribution in [0.1, 0.15) is 11.8 Å². The molecule has 0 radical (unpaired) electrons. The summed E-state index contributed by atoms with van der Waals surface area (Å²) in [6, 6.07) is 9.39. The molecule has 0 fully saturated rings. The third-order valence-corrected chi connectivity index (χ3v) is 5.83. The lowest BCUT2D eigenvalue weighted by molar-refractivity contribution is -0.119. The predicted molar refractivity (Wildman–Crippen MR) is 88.8 cm³/mol.